The molecule has 1 rings (SSSR count). The van der Waals surface area contributed by atoms with Gasteiger partial charge in [-0.2, -0.15) is 0 Å². The molecule has 0 atom stereocenters. The van der Waals surface area contributed by atoms with E-state index in [0.29, 0.717) is 16.1 Å². The first-order valence-corrected chi connectivity index (χ1v) is 6.21. The lowest BCUT2D eigenvalue weighted by Crippen LogP contribution is -2.02. The molecule has 0 aliphatic heterocycles. The van der Waals surface area contributed by atoms with E-state index in [1.54, 1.807) is 13.8 Å². The molecule has 0 radical (unpaired) electrons. The Kier molecular flexibility index (Phi) is 2.78. The summed E-state index contributed by atoms with van der Waals surface area (Å²) in [7, 11) is -3.44. The van der Waals surface area contributed by atoms with Crippen molar-refractivity contribution in [3.63, 3.8) is 0 Å². The van der Waals surface area contributed by atoms with Crippen LogP contribution in [-0.2, 0) is 9.84 Å². The van der Waals surface area contributed by atoms with Gasteiger partial charge in [0, 0.05) is 11.3 Å². The number of aromatic hydroxyl groups is 1. The van der Waals surface area contributed by atoms with Crippen molar-refractivity contribution in [2.75, 3.05) is 6.26 Å². The SMILES string of the molecule is Cc1cc(O)c(S(C)(=O)=O)c(C)c1Cl. The van der Waals surface area contributed by atoms with Gasteiger partial charge >= 0.3 is 0 Å². The lowest BCUT2D eigenvalue weighted by molar-refractivity contribution is 0.457. The Hall–Kier alpha value is -0.740. The third kappa shape index (κ3) is 1.86. The molecule has 0 bridgehead atoms. The van der Waals surface area contributed by atoms with E-state index in [4.69, 9.17) is 11.6 Å². The van der Waals surface area contributed by atoms with Gasteiger partial charge in [-0.1, -0.05) is 11.6 Å². The van der Waals surface area contributed by atoms with E-state index in [9.17, 15) is 13.5 Å². The number of halogens is 1. The van der Waals surface area contributed by atoms with Gasteiger partial charge in [-0.25, -0.2) is 8.42 Å². The number of sulfone groups is 1. The van der Waals surface area contributed by atoms with Gasteiger partial charge in [-0.05, 0) is 31.0 Å². The summed E-state index contributed by atoms with van der Waals surface area (Å²) in [5, 5.41) is 9.87. The monoisotopic (exact) mass is 234 g/mol. The van der Waals surface area contributed by atoms with E-state index < -0.39 is 9.84 Å². The molecular formula is C9H11ClO3S. The molecule has 0 fully saturated rings. The predicted octanol–water partition coefficient (Wildman–Crippen LogP) is 2.07. The molecule has 0 aliphatic rings. The van der Waals surface area contributed by atoms with Crippen molar-refractivity contribution in [2.45, 2.75) is 18.7 Å². The van der Waals surface area contributed by atoms with E-state index in [-0.39, 0.29) is 10.6 Å². The highest BCUT2D eigenvalue weighted by atomic mass is 35.5. The average Bonchev–Trinajstić information content (AvgIpc) is 1.97. The number of hydrogen-bond acceptors (Lipinski definition) is 3. The molecule has 0 saturated carbocycles. The van der Waals surface area contributed by atoms with E-state index in [0.717, 1.165) is 6.26 Å². The molecule has 1 N–H and O–H groups in total. The fraction of sp³-hybridized carbons (Fsp3) is 0.333. The highest BCUT2D eigenvalue weighted by Crippen LogP contribution is 2.33. The van der Waals surface area contributed by atoms with E-state index in [2.05, 4.69) is 0 Å². The minimum atomic E-state index is -3.44. The van der Waals surface area contributed by atoms with Crippen LogP contribution in [0.2, 0.25) is 5.02 Å². The third-order valence-corrected chi connectivity index (χ3v) is 3.81. The molecule has 0 aliphatic carbocycles. The second kappa shape index (κ2) is 3.44. The lowest BCUT2D eigenvalue weighted by Gasteiger charge is -2.10. The molecule has 78 valence electrons. The second-order valence-corrected chi connectivity index (χ2v) is 5.58. The smallest absolute Gasteiger partial charge is 0.179 e. The van der Waals surface area contributed by atoms with Gasteiger partial charge in [0.25, 0.3) is 0 Å². The first-order chi connectivity index (χ1) is 6.25. The molecular weight excluding hydrogens is 224 g/mol. The summed E-state index contributed by atoms with van der Waals surface area (Å²) >= 11 is 5.89. The van der Waals surface area contributed by atoms with Crippen LogP contribution >= 0.6 is 11.6 Å². The Morgan fingerprint density at radius 1 is 1.36 bits per heavy atom. The summed E-state index contributed by atoms with van der Waals surface area (Å²) < 4.78 is 22.6. The minimum Gasteiger partial charge on any atom is -0.507 e. The van der Waals surface area contributed by atoms with Crippen LogP contribution < -0.4 is 0 Å². The van der Waals surface area contributed by atoms with Gasteiger partial charge in [-0.3, -0.25) is 0 Å². The van der Waals surface area contributed by atoms with Crippen LogP contribution in [0.5, 0.6) is 5.75 Å². The Bertz CT molecular complexity index is 477. The molecule has 0 heterocycles. The number of phenols is 1. The lowest BCUT2D eigenvalue weighted by atomic mass is 10.1. The summed E-state index contributed by atoms with van der Waals surface area (Å²) in [6.45, 7) is 3.28. The van der Waals surface area contributed by atoms with Crippen molar-refractivity contribution in [3.05, 3.63) is 22.2 Å². The molecule has 1 aromatic rings. The fourth-order valence-electron chi connectivity index (χ4n) is 1.39. The average molecular weight is 235 g/mol. The zero-order valence-corrected chi connectivity index (χ0v) is 9.70. The van der Waals surface area contributed by atoms with Gasteiger partial charge < -0.3 is 5.11 Å². The molecule has 3 nitrogen and oxygen atoms in total. The molecule has 0 spiro atoms. The van der Waals surface area contributed by atoms with E-state index >= 15 is 0 Å². The summed E-state index contributed by atoms with van der Waals surface area (Å²) in [5.41, 5.74) is 1.06. The Morgan fingerprint density at radius 3 is 2.29 bits per heavy atom. The number of aryl methyl sites for hydroxylation is 1. The predicted molar refractivity (Wildman–Crippen MR) is 55.7 cm³/mol. The normalized spacial score (nSPS) is 11.7. The Balaban J connectivity index is 3.70. The van der Waals surface area contributed by atoms with Crippen LogP contribution in [0.1, 0.15) is 11.1 Å². The molecule has 1 aromatic carbocycles. The van der Waals surface area contributed by atoms with Crippen molar-refractivity contribution in [1.29, 1.82) is 0 Å². The van der Waals surface area contributed by atoms with Crippen molar-refractivity contribution in [2.24, 2.45) is 0 Å². The van der Waals surface area contributed by atoms with Crippen LogP contribution in [-0.4, -0.2) is 19.8 Å². The quantitative estimate of drug-likeness (QED) is 0.809. The van der Waals surface area contributed by atoms with Crippen molar-refractivity contribution >= 4 is 21.4 Å². The van der Waals surface area contributed by atoms with Gasteiger partial charge in [-0.15, -0.1) is 0 Å². The van der Waals surface area contributed by atoms with Gasteiger partial charge in [0.15, 0.2) is 9.84 Å². The van der Waals surface area contributed by atoms with E-state index in [1.165, 1.54) is 6.07 Å². The minimum absolute atomic E-state index is 0.0897. The highest BCUT2D eigenvalue weighted by molar-refractivity contribution is 7.90. The maximum Gasteiger partial charge on any atom is 0.179 e. The summed E-state index contributed by atoms with van der Waals surface area (Å²) in [5.74, 6) is -0.244. The summed E-state index contributed by atoms with van der Waals surface area (Å²) in [6, 6.07) is 1.35. The fourth-order valence-corrected chi connectivity index (χ4v) is 2.69. The number of rotatable bonds is 1. The summed E-state index contributed by atoms with van der Waals surface area (Å²) in [6.07, 6.45) is 1.04. The van der Waals surface area contributed by atoms with Crippen molar-refractivity contribution < 1.29 is 13.5 Å². The second-order valence-electron chi connectivity index (χ2n) is 3.25. The largest absolute Gasteiger partial charge is 0.507 e. The van der Waals surface area contributed by atoms with Crippen LogP contribution in [0.15, 0.2) is 11.0 Å². The molecule has 0 amide bonds. The molecule has 0 saturated heterocycles. The molecule has 5 heteroatoms. The maximum atomic E-state index is 11.3. The topological polar surface area (TPSA) is 54.4 Å². The first kappa shape index (κ1) is 11.3. The first-order valence-electron chi connectivity index (χ1n) is 3.94. The maximum absolute atomic E-state index is 11.3. The highest BCUT2D eigenvalue weighted by Gasteiger charge is 2.19. The van der Waals surface area contributed by atoms with Crippen LogP contribution in [0.3, 0.4) is 0 Å². The van der Waals surface area contributed by atoms with Gasteiger partial charge in [0.2, 0.25) is 0 Å². The Morgan fingerprint density at radius 2 is 1.86 bits per heavy atom. The van der Waals surface area contributed by atoms with Gasteiger partial charge in [0.1, 0.15) is 10.6 Å². The van der Waals surface area contributed by atoms with E-state index in [1.807, 2.05) is 0 Å². The van der Waals surface area contributed by atoms with Crippen LogP contribution in [0.4, 0.5) is 0 Å². The van der Waals surface area contributed by atoms with Crippen LogP contribution in [0, 0.1) is 13.8 Å². The molecule has 0 unspecified atom stereocenters. The number of hydrogen-bond donors (Lipinski definition) is 1. The summed E-state index contributed by atoms with van der Waals surface area (Å²) in [4.78, 5) is -0.0897. The molecule has 0 aromatic heterocycles. The zero-order valence-electron chi connectivity index (χ0n) is 8.13. The van der Waals surface area contributed by atoms with Crippen molar-refractivity contribution in [3.8, 4) is 5.75 Å². The molecule has 14 heavy (non-hydrogen) atoms. The number of phenolic OH excluding ortho intramolecular Hbond substituents is 1. The number of benzene rings is 1. The van der Waals surface area contributed by atoms with Crippen molar-refractivity contribution in [1.82, 2.24) is 0 Å². The van der Waals surface area contributed by atoms with Gasteiger partial charge in [0.05, 0.1) is 0 Å². The standard InChI is InChI=1S/C9H11ClO3S/c1-5-4-7(11)9(14(3,12)13)6(2)8(5)10/h4,11H,1-3H3. The Labute approximate surface area is 88.2 Å². The zero-order chi connectivity index (χ0) is 11.1. The third-order valence-electron chi connectivity index (χ3n) is 1.97. The van der Waals surface area contributed by atoms with Crippen LogP contribution in [0.25, 0.3) is 0 Å².